The number of aryl methyl sites for hydroxylation is 1. The minimum atomic E-state index is 0.0961. The van der Waals surface area contributed by atoms with Crippen molar-refractivity contribution >= 4 is 10.9 Å². The summed E-state index contributed by atoms with van der Waals surface area (Å²) in [6.07, 6.45) is 0. The minimum Gasteiger partial charge on any atom is -0.394 e. The topological polar surface area (TPSA) is 38.0 Å². The van der Waals surface area contributed by atoms with Crippen molar-refractivity contribution in [2.24, 2.45) is 0 Å². The fraction of sp³-hybridized carbons (Fsp3) is 0.188. The lowest BCUT2D eigenvalue weighted by atomic mass is 10.1. The van der Waals surface area contributed by atoms with Gasteiger partial charge in [-0.05, 0) is 19.1 Å². The largest absolute Gasteiger partial charge is 0.394 e. The quantitative estimate of drug-likeness (QED) is 0.778. The summed E-state index contributed by atoms with van der Waals surface area (Å²) in [5, 5.41) is 14.9. The second kappa shape index (κ2) is 4.86. The van der Waals surface area contributed by atoms with Crippen LogP contribution in [0.15, 0.2) is 48.5 Å². The molecule has 0 amide bonds. The molecule has 0 fully saturated rings. The standard InChI is InChI=1S/C16H16N2O/c1-12-7-8-15-14(11-12)16(17-18(15)9-10-19)13-5-3-2-4-6-13/h2-8,11,19H,9-10H2,1H3. The summed E-state index contributed by atoms with van der Waals surface area (Å²) in [7, 11) is 0. The number of hydrogen-bond donors (Lipinski definition) is 1. The van der Waals surface area contributed by atoms with E-state index in [1.165, 1.54) is 5.56 Å². The molecule has 96 valence electrons. The molecule has 0 bridgehead atoms. The van der Waals surface area contributed by atoms with E-state index >= 15 is 0 Å². The summed E-state index contributed by atoms with van der Waals surface area (Å²) >= 11 is 0. The first kappa shape index (κ1) is 11.9. The molecule has 2 aromatic carbocycles. The first-order chi connectivity index (χ1) is 9.29. The molecule has 3 rings (SSSR count). The van der Waals surface area contributed by atoms with Gasteiger partial charge >= 0.3 is 0 Å². The van der Waals surface area contributed by atoms with E-state index in [-0.39, 0.29) is 6.61 Å². The Morgan fingerprint density at radius 3 is 2.63 bits per heavy atom. The van der Waals surface area contributed by atoms with Crippen molar-refractivity contribution in [2.75, 3.05) is 6.61 Å². The van der Waals surface area contributed by atoms with Gasteiger partial charge in [-0.1, -0.05) is 42.0 Å². The molecular weight excluding hydrogens is 236 g/mol. The van der Waals surface area contributed by atoms with Gasteiger partial charge in [-0.3, -0.25) is 4.68 Å². The monoisotopic (exact) mass is 252 g/mol. The maximum atomic E-state index is 9.15. The number of aliphatic hydroxyl groups is 1. The van der Waals surface area contributed by atoms with E-state index < -0.39 is 0 Å². The van der Waals surface area contributed by atoms with Crippen LogP contribution in [-0.4, -0.2) is 21.5 Å². The Bertz CT molecular complexity index is 701. The van der Waals surface area contributed by atoms with Crippen molar-refractivity contribution in [3.63, 3.8) is 0 Å². The summed E-state index contributed by atoms with van der Waals surface area (Å²) in [6.45, 7) is 2.70. The van der Waals surface area contributed by atoms with Gasteiger partial charge in [-0.15, -0.1) is 0 Å². The summed E-state index contributed by atoms with van der Waals surface area (Å²) in [6, 6.07) is 16.5. The molecule has 0 aliphatic rings. The van der Waals surface area contributed by atoms with E-state index in [0.29, 0.717) is 6.54 Å². The van der Waals surface area contributed by atoms with E-state index in [1.54, 1.807) is 0 Å². The Morgan fingerprint density at radius 2 is 1.89 bits per heavy atom. The fourth-order valence-corrected chi connectivity index (χ4v) is 2.37. The Kier molecular flexibility index (Phi) is 3.05. The zero-order valence-corrected chi connectivity index (χ0v) is 10.9. The summed E-state index contributed by atoms with van der Waals surface area (Å²) in [5.74, 6) is 0. The Morgan fingerprint density at radius 1 is 1.11 bits per heavy atom. The van der Waals surface area contributed by atoms with Crippen LogP contribution in [0.2, 0.25) is 0 Å². The molecule has 1 aromatic heterocycles. The van der Waals surface area contributed by atoms with E-state index in [4.69, 9.17) is 5.11 Å². The number of hydrogen-bond acceptors (Lipinski definition) is 2. The number of rotatable bonds is 3. The first-order valence-corrected chi connectivity index (χ1v) is 6.43. The summed E-state index contributed by atoms with van der Waals surface area (Å²) in [5.41, 5.74) is 4.37. The van der Waals surface area contributed by atoms with Crippen LogP contribution in [-0.2, 0) is 6.54 Å². The molecule has 3 nitrogen and oxygen atoms in total. The number of aromatic nitrogens is 2. The number of fused-ring (bicyclic) bond motifs is 1. The lowest BCUT2D eigenvalue weighted by Crippen LogP contribution is -2.03. The normalized spacial score (nSPS) is 11.1. The van der Waals surface area contributed by atoms with E-state index in [0.717, 1.165) is 22.2 Å². The highest BCUT2D eigenvalue weighted by atomic mass is 16.3. The third-order valence-corrected chi connectivity index (χ3v) is 3.26. The Balaban J connectivity index is 2.26. The van der Waals surface area contributed by atoms with Gasteiger partial charge in [0.2, 0.25) is 0 Å². The molecule has 0 atom stereocenters. The van der Waals surface area contributed by atoms with Gasteiger partial charge < -0.3 is 5.11 Å². The van der Waals surface area contributed by atoms with Crippen LogP contribution in [0.4, 0.5) is 0 Å². The summed E-state index contributed by atoms with van der Waals surface area (Å²) in [4.78, 5) is 0. The van der Waals surface area contributed by atoms with Crippen molar-refractivity contribution in [3.8, 4) is 11.3 Å². The molecule has 3 heteroatoms. The predicted octanol–water partition coefficient (Wildman–Crippen LogP) is 3.00. The second-order valence-corrected chi connectivity index (χ2v) is 4.68. The van der Waals surface area contributed by atoms with Crippen molar-refractivity contribution in [3.05, 3.63) is 54.1 Å². The van der Waals surface area contributed by atoms with Crippen LogP contribution in [0.1, 0.15) is 5.56 Å². The average molecular weight is 252 g/mol. The molecule has 0 unspecified atom stereocenters. The second-order valence-electron chi connectivity index (χ2n) is 4.68. The molecule has 3 aromatic rings. The van der Waals surface area contributed by atoms with Gasteiger partial charge in [0.1, 0.15) is 5.69 Å². The molecule has 1 N–H and O–H groups in total. The van der Waals surface area contributed by atoms with Gasteiger partial charge in [0, 0.05) is 10.9 Å². The number of nitrogens with zero attached hydrogens (tertiary/aromatic N) is 2. The highest BCUT2D eigenvalue weighted by Crippen LogP contribution is 2.28. The highest BCUT2D eigenvalue weighted by Gasteiger charge is 2.11. The van der Waals surface area contributed by atoms with Crippen LogP contribution < -0.4 is 0 Å². The molecule has 0 saturated heterocycles. The van der Waals surface area contributed by atoms with Crippen LogP contribution in [0.25, 0.3) is 22.2 Å². The molecule has 0 aliphatic carbocycles. The lowest BCUT2D eigenvalue weighted by Gasteiger charge is -1.99. The zero-order chi connectivity index (χ0) is 13.2. The third-order valence-electron chi connectivity index (χ3n) is 3.26. The molecule has 0 spiro atoms. The first-order valence-electron chi connectivity index (χ1n) is 6.43. The highest BCUT2D eigenvalue weighted by molar-refractivity contribution is 5.93. The van der Waals surface area contributed by atoms with E-state index in [2.05, 4.69) is 42.4 Å². The SMILES string of the molecule is Cc1ccc2c(c1)c(-c1ccccc1)nn2CCO. The van der Waals surface area contributed by atoms with Crippen molar-refractivity contribution in [2.45, 2.75) is 13.5 Å². The molecule has 0 radical (unpaired) electrons. The average Bonchev–Trinajstić information content (AvgIpc) is 2.78. The Labute approximate surface area is 112 Å². The van der Waals surface area contributed by atoms with Gasteiger partial charge in [0.25, 0.3) is 0 Å². The number of benzene rings is 2. The zero-order valence-electron chi connectivity index (χ0n) is 10.9. The van der Waals surface area contributed by atoms with Crippen molar-refractivity contribution < 1.29 is 5.11 Å². The fourth-order valence-electron chi connectivity index (χ4n) is 2.37. The van der Waals surface area contributed by atoms with Crippen LogP contribution in [0.5, 0.6) is 0 Å². The maximum absolute atomic E-state index is 9.15. The smallest absolute Gasteiger partial charge is 0.100 e. The molecule has 19 heavy (non-hydrogen) atoms. The number of aliphatic hydroxyl groups excluding tert-OH is 1. The summed E-state index contributed by atoms with van der Waals surface area (Å²) < 4.78 is 1.87. The predicted molar refractivity (Wildman–Crippen MR) is 77.0 cm³/mol. The van der Waals surface area contributed by atoms with E-state index in [1.807, 2.05) is 22.9 Å². The third kappa shape index (κ3) is 2.13. The molecular formula is C16H16N2O. The van der Waals surface area contributed by atoms with Crippen LogP contribution in [0, 0.1) is 6.92 Å². The minimum absolute atomic E-state index is 0.0961. The molecule has 1 heterocycles. The van der Waals surface area contributed by atoms with Gasteiger partial charge in [-0.2, -0.15) is 5.10 Å². The van der Waals surface area contributed by atoms with Gasteiger partial charge in [0.15, 0.2) is 0 Å². The Hall–Kier alpha value is -2.13. The van der Waals surface area contributed by atoms with E-state index in [9.17, 15) is 0 Å². The lowest BCUT2D eigenvalue weighted by molar-refractivity contribution is 0.272. The maximum Gasteiger partial charge on any atom is 0.100 e. The van der Waals surface area contributed by atoms with Crippen LogP contribution in [0.3, 0.4) is 0 Å². The van der Waals surface area contributed by atoms with Crippen molar-refractivity contribution in [1.29, 1.82) is 0 Å². The van der Waals surface area contributed by atoms with Crippen LogP contribution >= 0.6 is 0 Å². The molecule has 0 aliphatic heterocycles. The molecule has 0 saturated carbocycles. The van der Waals surface area contributed by atoms with Gasteiger partial charge in [0.05, 0.1) is 18.7 Å². The van der Waals surface area contributed by atoms with Crippen molar-refractivity contribution in [1.82, 2.24) is 9.78 Å². The van der Waals surface area contributed by atoms with Gasteiger partial charge in [-0.25, -0.2) is 0 Å².